The Morgan fingerprint density at radius 3 is 2.07 bits per heavy atom. The molecular formula is C21H25N3O3. The lowest BCUT2D eigenvalue weighted by atomic mass is 10.1. The van der Waals surface area contributed by atoms with Crippen LogP contribution in [0.4, 0.5) is 16.2 Å². The second kappa shape index (κ2) is 8.58. The van der Waals surface area contributed by atoms with Crippen LogP contribution in [0.3, 0.4) is 0 Å². The summed E-state index contributed by atoms with van der Waals surface area (Å²) >= 11 is 0. The molecule has 3 N–H and O–H groups in total. The molecule has 2 aromatic carbocycles. The lowest BCUT2D eigenvalue weighted by molar-refractivity contribution is 0.102. The first kappa shape index (κ1) is 18.8. The van der Waals surface area contributed by atoms with Gasteiger partial charge in [0, 0.05) is 24.5 Å². The summed E-state index contributed by atoms with van der Waals surface area (Å²) in [5, 5.41) is 15.6. The van der Waals surface area contributed by atoms with Gasteiger partial charge in [-0.1, -0.05) is 18.9 Å². The van der Waals surface area contributed by atoms with Crippen molar-refractivity contribution in [3.63, 3.8) is 0 Å². The van der Waals surface area contributed by atoms with Crippen LogP contribution in [-0.4, -0.2) is 35.0 Å². The van der Waals surface area contributed by atoms with Gasteiger partial charge in [-0.15, -0.1) is 0 Å². The van der Waals surface area contributed by atoms with E-state index in [2.05, 4.69) is 10.6 Å². The van der Waals surface area contributed by atoms with Crippen LogP contribution in [0.15, 0.2) is 42.5 Å². The maximum atomic E-state index is 12.4. The van der Waals surface area contributed by atoms with Crippen molar-refractivity contribution in [1.29, 1.82) is 0 Å². The van der Waals surface area contributed by atoms with Crippen LogP contribution in [0, 0.1) is 6.92 Å². The highest BCUT2D eigenvalue weighted by atomic mass is 16.3. The molecule has 6 nitrogen and oxygen atoms in total. The minimum atomic E-state index is -0.381. The molecule has 0 unspecified atom stereocenters. The van der Waals surface area contributed by atoms with E-state index in [1.807, 2.05) is 11.8 Å². The third-order valence-corrected chi connectivity index (χ3v) is 4.69. The molecular weight excluding hydrogens is 342 g/mol. The van der Waals surface area contributed by atoms with Crippen molar-refractivity contribution in [2.75, 3.05) is 23.7 Å². The Morgan fingerprint density at radius 1 is 0.889 bits per heavy atom. The minimum Gasteiger partial charge on any atom is -0.507 e. The van der Waals surface area contributed by atoms with Crippen molar-refractivity contribution in [2.45, 2.75) is 32.6 Å². The molecule has 1 aliphatic heterocycles. The van der Waals surface area contributed by atoms with Gasteiger partial charge in [0.05, 0.1) is 5.56 Å². The lowest BCUT2D eigenvalue weighted by Crippen LogP contribution is -2.35. The standard InChI is InChI=1S/C21H25N3O3/c1-15-6-11-18(19(25)14-15)20(26)22-16-7-9-17(10-8-16)23-21(27)24-12-4-2-3-5-13-24/h6-11,14,25H,2-5,12-13H2,1H3,(H,22,26)(H,23,27). The van der Waals surface area contributed by atoms with Crippen molar-refractivity contribution in [3.8, 4) is 5.75 Å². The molecule has 1 fully saturated rings. The predicted octanol–water partition coefficient (Wildman–Crippen LogP) is 4.36. The fraction of sp³-hybridized carbons (Fsp3) is 0.333. The molecule has 0 atom stereocenters. The monoisotopic (exact) mass is 367 g/mol. The van der Waals surface area contributed by atoms with Gasteiger partial charge in [-0.05, 0) is 61.7 Å². The number of anilines is 2. The molecule has 3 amide bonds. The number of benzene rings is 2. The predicted molar refractivity (Wildman–Crippen MR) is 106 cm³/mol. The maximum absolute atomic E-state index is 12.4. The fourth-order valence-corrected chi connectivity index (χ4v) is 3.15. The highest BCUT2D eigenvalue weighted by Crippen LogP contribution is 2.21. The van der Waals surface area contributed by atoms with Gasteiger partial charge in [0.2, 0.25) is 0 Å². The summed E-state index contributed by atoms with van der Waals surface area (Å²) in [5.41, 5.74) is 2.38. The second-order valence-corrected chi connectivity index (χ2v) is 6.88. The second-order valence-electron chi connectivity index (χ2n) is 6.88. The summed E-state index contributed by atoms with van der Waals surface area (Å²) in [6.07, 6.45) is 4.44. The topological polar surface area (TPSA) is 81.7 Å². The van der Waals surface area contributed by atoms with Gasteiger partial charge < -0.3 is 20.6 Å². The van der Waals surface area contributed by atoms with Crippen LogP contribution >= 0.6 is 0 Å². The van der Waals surface area contributed by atoms with Crippen molar-refractivity contribution in [3.05, 3.63) is 53.6 Å². The van der Waals surface area contributed by atoms with E-state index in [1.54, 1.807) is 42.5 Å². The van der Waals surface area contributed by atoms with Crippen LogP contribution in [0.1, 0.15) is 41.6 Å². The fourth-order valence-electron chi connectivity index (χ4n) is 3.15. The number of urea groups is 1. The molecule has 2 aromatic rings. The van der Waals surface area contributed by atoms with Crippen molar-refractivity contribution in [1.82, 2.24) is 4.90 Å². The number of phenols is 1. The minimum absolute atomic E-state index is 0.0474. The van der Waals surface area contributed by atoms with Crippen molar-refractivity contribution < 1.29 is 14.7 Å². The number of nitrogens with zero attached hydrogens (tertiary/aromatic N) is 1. The first-order valence-corrected chi connectivity index (χ1v) is 9.30. The third kappa shape index (κ3) is 5.00. The molecule has 0 spiro atoms. The Bertz CT molecular complexity index is 810. The van der Waals surface area contributed by atoms with Gasteiger partial charge in [-0.3, -0.25) is 4.79 Å². The maximum Gasteiger partial charge on any atom is 0.321 e. The first-order valence-electron chi connectivity index (χ1n) is 9.30. The number of hydrogen-bond donors (Lipinski definition) is 3. The Labute approximate surface area is 159 Å². The largest absolute Gasteiger partial charge is 0.507 e. The molecule has 142 valence electrons. The Kier molecular flexibility index (Phi) is 5.96. The Hall–Kier alpha value is -3.02. The molecule has 0 radical (unpaired) electrons. The Balaban J connectivity index is 1.59. The van der Waals surface area contributed by atoms with E-state index in [1.165, 1.54) is 12.8 Å². The number of aromatic hydroxyl groups is 1. The first-order chi connectivity index (χ1) is 13.0. The lowest BCUT2D eigenvalue weighted by Gasteiger charge is -2.20. The number of nitrogens with one attached hydrogen (secondary N) is 2. The van der Waals surface area contributed by atoms with E-state index in [-0.39, 0.29) is 23.3 Å². The van der Waals surface area contributed by atoms with Gasteiger partial charge >= 0.3 is 6.03 Å². The van der Waals surface area contributed by atoms with E-state index in [0.29, 0.717) is 11.4 Å². The molecule has 3 rings (SSSR count). The normalized spacial score (nSPS) is 14.3. The highest BCUT2D eigenvalue weighted by molar-refractivity contribution is 6.06. The van der Waals surface area contributed by atoms with Crippen molar-refractivity contribution in [2.24, 2.45) is 0 Å². The van der Waals surface area contributed by atoms with E-state index in [9.17, 15) is 14.7 Å². The number of carbonyl (C=O) groups is 2. The summed E-state index contributed by atoms with van der Waals surface area (Å²) in [4.78, 5) is 26.5. The van der Waals surface area contributed by atoms with Crippen molar-refractivity contribution >= 4 is 23.3 Å². The van der Waals surface area contributed by atoms with Gasteiger partial charge in [-0.2, -0.15) is 0 Å². The average molecular weight is 367 g/mol. The van der Waals surface area contributed by atoms with E-state index in [0.717, 1.165) is 31.5 Å². The number of likely N-dealkylation sites (tertiary alicyclic amines) is 1. The molecule has 0 aliphatic carbocycles. The molecule has 0 bridgehead atoms. The van der Waals surface area contributed by atoms with Crippen LogP contribution in [0.5, 0.6) is 5.75 Å². The smallest absolute Gasteiger partial charge is 0.321 e. The van der Waals surface area contributed by atoms with Crippen LogP contribution in [0.25, 0.3) is 0 Å². The number of hydrogen-bond acceptors (Lipinski definition) is 3. The zero-order valence-electron chi connectivity index (χ0n) is 15.5. The zero-order valence-corrected chi connectivity index (χ0v) is 15.5. The Morgan fingerprint density at radius 2 is 1.48 bits per heavy atom. The number of phenolic OH excluding ortho intramolecular Hbond substituents is 1. The van der Waals surface area contributed by atoms with Crippen LogP contribution in [0.2, 0.25) is 0 Å². The summed E-state index contributed by atoms with van der Waals surface area (Å²) in [5.74, 6) is -0.428. The van der Waals surface area contributed by atoms with Crippen LogP contribution in [-0.2, 0) is 0 Å². The van der Waals surface area contributed by atoms with E-state index in [4.69, 9.17) is 0 Å². The molecule has 0 aromatic heterocycles. The molecule has 6 heteroatoms. The van der Waals surface area contributed by atoms with E-state index >= 15 is 0 Å². The molecule has 0 saturated carbocycles. The number of aryl methyl sites for hydroxylation is 1. The van der Waals surface area contributed by atoms with Gasteiger partial charge in [0.1, 0.15) is 5.75 Å². The molecule has 1 aliphatic rings. The van der Waals surface area contributed by atoms with Gasteiger partial charge in [0.15, 0.2) is 0 Å². The zero-order chi connectivity index (χ0) is 19.2. The summed E-state index contributed by atoms with van der Waals surface area (Å²) < 4.78 is 0. The average Bonchev–Trinajstić information content (AvgIpc) is 2.92. The highest BCUT2D eigenvalue weighted by Gasteiger charge is 2.15. The molecule has 27 heavy (non-hydrogen) atoms. The third-order valence-electron chi connectivity index (χ3n) is 4.69. The quantitative estimate of drug-likeness (QED) is 0.754. The molecule has 1 heterocycles. The summed E-state index contributed by atoms with van der Waals surface area (Å²) in [7, 11) is 0. The van der Waals surface area contributed by atoms with E-state index < -0.39 is 0 Å². The molecule has 1 saturated heterocycles. The number of amides is 3. The van der Waals surface area contributed by atoms with Crippen LogP contribution < -0.4 is 10.6 Å². The summed E-state index contributed by atoms with van der Waals surface area (Å²) in [6.45, 7) is 3.43. The number of carbonyl (C=O) groups excluding carboxylic acids is 2. The van der Waals surface area contributed by atoms with Gasteiger partial charge in [0.25, 0.3) is 5.91 Å². The van der Waals surface area contributed by atoms with Gasteiger partial charge in [-0.25, -0.2) is 4.79 Å². The summed E-state index contributed by atoms with van der Waals surface area (Å²) in [6, 6.07) is 11.8. The SMILES string of the molecule is Cc1ccc(C(=O)Nc2ccc(NC(=O)N3CCCCCC3)cc2)c(O)c1. The number of rotatable bonds is 3.